The zero-order chi connectivity index (χ0) is 13.8. The Morgan fingerprint density at radius 3 is 2.78 bits per heavy atom. The molecule has 0 saturated heterocycles. The van der Waals surface area contributed by atoms with Gasteiger partial charge in [-0.2, -0.15) is 0 Å². The van der Waals surface area contributed by atoms with Crippen molar-refractivity contribution in [3.63, 3.8) is 0 Å². The van der Waals surface area contributed by atoms with Crippen LogP contribution in [0, 0.1) is 0 Å². The highest BCUT2D eigenvalue weighted by molar-refractivity contribution is 5.83. The minimum Gasteiger partial charge on any atom is -0.399 e. The summed E-state index contributed by atoms with van der Waals surface area (Å²) in [6.07, 6.45) is 0.597. The Morgan fingerprint density at radius 2 is 2.22 bits per heavy atom. The van der Waals surface area contributed by atoms with Crippen molar-refractivity contribution in [2.45, 2.75) is 38.7 Å². The Bertz CT molecular complexity index is 416. The maximum atomic E-state index is 12.0. The van der Waals surface area contributed by atoms with Gasteiger partial charge in [0.05, 0.1) is 11.5 Å². The molecule has 4 N–H and O–H groups in total. The van der Waals surface area contributed by atoms with Crippen LogP contribution in [0.1, 0.15) is 38.7 Å². The van der Waals surface area contributed by atoms with Crippen molar-refractivity contribution >= 4 is 11.6 Å². The number of anilines is 1. The molecule has 4 heteroatoms. The van der Waals surface area contributed by atoms with Gasteiger partial charge in [0.2, 0.25) is 5.91 Å². The summed E-state index contributed by atoms with van der Waals surface area (Å²) in [7, 11) is 0. The van der Waals surface area contributed by atoms with Gasteiger partial charge in [-0.3, -0.25) is 4.79 Å². The summed E-state index contributed by atoms with van der Waals surface area (Å²) in [6.45, 7) is 5.67. The molecule has 0 fully saturated rings. The molecule has 0 aliphatic heterocycles. The molecular weight excluding hydrogens is 228 g/mol. The van der Waals surface area contributed by atoms with Gasteiger partial charge in [-0.15, -0.1) is 0 Å². The number of nitrogens with one attached hydrogen (secondary N) is 1. The van der Waals surface area contributed by atoms with E-state index in [1.54, 1.807) is 19.1 Å². The average molecular weight is 250 g/mol. The van der Waals surface area contributed by atoms with Crippen LogP contribution < -0.4 is 11.1 Å². The molecule has 1 rings (SSSR count). The second-order valence-electron chi connectivity index (χ2n) is 4.96. The lowest BCUT2D eigenvalue weighted by atomic mass is 9.98. The topological polar surface area (TPSA) is 75.3 Å². The normalized spacial score (nSPS) is 15.8. The lowest BCUT2D eigenvalue weighted by Crippen LogP contribution is -2.41. The first-order valence-corrected chi connectivity index (χ1v) is 6.21. The van der Waals surface area contributed by atoms with E-state index in [0.29, 0.717) is 12.1 Å². The molecule has 18 heavy (non-hydrogen) atoms. The number of aliphatic hydroxyl groups is 1. The predicted octanol–water partition coefficient (Wildman–Crippen LogP) is 1.65. The van der Waals surface area contributed by atoms with Crippen LogP contribution in [0.4, 0.5) is 5.69 Å². The SMILES string of the molecule is CCC(C)(O)CNC(=O)C(C)c1cccc(N)c1. The van der Waals surface area contributed by atoms with E-state index in [1.165, 1.54) is 0 Å². The minimum atomic E-state index is -0.856. The maximum absolute atomic E-state index is 12.0. The van der Waals surface area contributed by atoms with Gasteiger partial charge in [0.1, 0.15) is 0 Å². The third-order valence-corrected chi connectivity index (χ3v) is 3.21. The zero-order valence-electron chi connectivity index (χ0n) is 11.2. The minimum absolute atomic E-state index is 0.102. The molecule has 100 valence electrons. The molecule has 2 atom stereocenters. The molecular formula is C14H22N2O2. The van der Waals surface area contributed by atoms with Gasteiger partial charge < -0.3 is 16.2 Å². The molecule has 1 amide bonds. The molecule has 0 radical (unpaired) electrons. The number of nitrogen functional groups attached to an aromatic ring is 1. The van der Waals surface area contributed by atoms with Gasteiger partial charge in [-0.05, 0) is 38.0 Å². The first-order chi connectivity index (χ1) is 8.35. The van der Waals surface area contributed by atoms with Crippen LogP contribution in [-0.4, -0.2) is 23.2 Å². The van der Waals surface area contributed by atoms with Crippen molar-refractivity contribution in [2.24, 2.45) is 0 Å². The molecule has 0 aliphatic rings. The van der Waals surface area contributed by atoms with Crippen molar-refractivity contribution in [3.05, 3.63) is 29.8 Å². The Kier molecular flexibility index (Phi) is 4.73. The summed E-state index contributed by atoms with van der Waals surface area (Å²) >= 11 is 0. The van der Waals surface area contributed by atoms with Crippen LogP contribution in [-0.2, 0) is 4.79 Å². The number of carbonyl (C=O) groups is 1. The molecule has 1 aromatic rings. The van der Waals surface area contributed by atoms with Crippen molar-refractivity contribution in [1.82, 2.24) is 5.32 Å². The van der Waals surface area contributed by atoms with E-state index >= 15 is 0 Å². The number of hydrogen-bond acceptors (Lipinski definition) is 3. The van der Waals surface area contributed by atoms with Gasteiger partial charge >= 0.3 is 0 Å². The first kappa shape index (κ1) is 14.5. The lowest BCUT2D eigenvalue weighted by Gasteiger charge is -2.23. The highest BCUT2D eigenvalue weighted by atomic mass is 16.3. The largest absolute Gasteiger partial charge is 0.399 e. The molecule has 0 aliphatic carbocycles. The van der Waals surface area contributed by atoms with Crippen molar-refractivity contribution < 1.29 is 9.90 Å². The fraction of sp³-hybridized carbons (Fsp3) is 0.500. The monoisotopic (exact) mass is 250 g/mol. The molecule has 0 heterocycles. The Labute approximate surface area is 108 Å². The second-order valence-corrected chi connectivity index (χ2v) is 4.96. The van der Waals surface area contributed by atoms with Crippen molar-refractivity contribution in [3.8, 4) is 0 Å². The number of amides is 1. The number of nitrogens with two attached hydrogens (primary N) is 1. The lowest BCUT2D eigenvalue weighted by molar-refractivity contribution is -0.123. The maximum Gasteiger partial charge on any atom is 0.227 e. The quantitative estimate of drug-likeness (QED) is 0.695. The fourth-order valence-corrected chi connectivity index (χ4v) is 1.54. The average Bonchev–Trinajstić information content (AvgIpc) is 2.35. The second kappa shape index (κ2) is 5.87. The van der Waals surface area contributed by atoms with Gasteiger partial charge in [0.25, 0.3) is 0 Å². The Hall–Kier alpha value is -1.55. The summed E-state index contributed by atoms with van der Waals surface area (Å²) in [5.74, 6) is -0.379. The number of rotatable bonds is 5. The van der Waals surface area contributed by atoms with E-state index in [2.05, 4.69) is 5.32 Å². The third-order valence-electron chi connectivity index (χ3n) is 3.21. The van der Waals surface area contributed by atoms with Crippen molar-refractivity contribution in [2.75, 3.05) is 12.3 Å². The molecule has 0 bridgehead atoms. The molecule has 2 unspecified atom stereocenters. The number of carbonyl (C=O) groups excluding carboxylic acids is 1. The smallest absolute Gasteiger partial charge is 0.227 e. The molecule has 0 aromatic heterocycles. The van der Waals surface area contributed by atoms with Crippen LogP contribution >= 0.6 is 0 Å². The summed E-state index contributed by atoms with van der Waals surface area (Å²) in [5.41, 5.74) is 6.36. The first-order valence-electron chi connectivity index (χ1n) is 6.21. The standard InChI is InChI=1S/C14H22N2O2/c1-4-14(3,18)9-16-13(17)10(2)11-6-5-7-12(15)8-11/h5-8,10,18H,4,9,15H2,1-3H3,(H,16,17). The van der Waals surface area contributed by atoms with Gasteiger partial charge in [-0.25, -0.2) is 0 Å². The van der Waals surface area contributed by atoms with E-state index in [4.69, 9.17) is 5.73 Å². The van der Waals surface area contributed by atoms with Crippen LogP contribution in [0.25, 0.3) is 0 Å². The van der Waals surface area contributed by atoms with E-state index in [9.17, 15) is 9.90 Å². The summed E-state index contributed by atoms with van der Waals surface area (Å²) in [6, 6.07) is 7.29. The molecule has 1 aromatic carbocycles. The Morgan fingerprint density at radius 1 is 1.56 bits per heavy atom. The van der Waals surface area contributed by atoms with Gasteiger partial charge in [-0.1, -0.05) is 19.1 Å². The van der Waals surface area contributed by atoms with Crippen molar-refractivity contribution in [1.29, 1.82) is 0 Å². The summed E-state index contributed by atoms with van der Waals surface area (Å²) in [5, 5.41) is 12.6. The Balaban J connectivity index is 2.62. The van der Waals surface area contributed by atoms with Gasteiger partial charge in [0.15, 0.2) is 0 Å². The van der Waals surface area contributed by atoms with E-state index in [1.807, 2.05) is 26.0 Å². The van der Waals surface area contributed by atoms with Crippen LogP contribution in [0.15, 0.2) is 24.3 Å². The zero-order valence-corrected chi connectivity index (χ0v) is 11.2. The molecule has 0 spiro atoms. The van der Waals surface area contributed by atoms with Crippen LogP contribution in [0.3, 0.4) is 0 Å². The number of benzene rings is 1. The van der Waals surface area contributed by atoms with E-state index in [-0.39, 0.29) is 18.4 Å². The van der Waals surface area contributed by atoms with Gasteiger partial charge in [0, 0.05) is 12.2 Å². The third kappa shape index (κ3) is 4.04. The highest BCUT2D eigenvalue weighted by Crippen LogP contribution is 2.18. The number of hydrogen-bond donors (Lipinski definition) is 3. The molecule has 4 nitrogen and oxygen atoms in total. The molecule has 0 saturated carbocycles. The highest BCUT2D eigenvalue weighted by Gasteiger charge is 2.21. The van der Waals surface area contributed by atoms with E-state index < -0.39 is 5.60 Å². The van der Waals surface area contributed by atoms with Crippen LogP contribution in [0.5, 0.6) is 0 Å². The summed E-state index contributed by atoms with van der Waals surface area (Å²) in [4.78, 5) is 12.0. The fourth-order valence-electron chi connectivity index (χ4n) is 1.54. The predicted molar refractivity (Wildman–Crippen MR) is 73.2 cm³/mol. The van der Waals surface area contributed by atoms with Crippen LogP contribution in [0.2, 0.25) is 0 Å². The van der Waals surface area contributed by atoms with E-state index in [0.717, 1.165) is 5.56 Å². The summed E-state index contributed by atoms with van der Waals surface area (Å²) < 4.78 is 0.